The minimum atomic E-state index is 0.687. The van der Waals surface area contributed by atoms with Crippen LogP contribution in [-0.4, -0.2) is 38.1 Å². The fraction of sp³-hybridized carbons (Fsp3) is 1.00. The third-order valence-electron chi connectivity index (χ3n) is 3.22. The average Bonchev–Trinajstić information content (AvgIpc) is 2.14. The summed E-state index contributed by atoms with van der Waals surface area (Å²) in [5.41, 5.74) is 0. The Bertz CT molecular complexity index is 136. The van der Waals surface area contributed by atoms with Gasteiger partial charge in [-0.05, 0) is 59.2 Å². The summed E-state index contributed by atoms with van der Waals surface area (Å²) in [4.78, 5) is 2.47. The zero-order valence-electron chi connectivity index (χ0n) is 9.34. The molecule has 1 fully saturated rings. The average molecular weight is 184 g/mol. The molecule has 2 atom stereocenters. The second-order valence-corrected chi connectivity index (χ2v) is 4.54. The molecule has 2 heteroatoms. The summed E-state index contributed by atoms with van der Waals surface area (Å²) in [6.07, 6.45) is 5.57. The van der Waals surface area contributed by atoms with E-state index in [0.29, 0.717) is 6.04 Å². The zero-order valence-corrected chi connectivity index (χ0v) is 9.34. The molecule has 1 heterocycles. The number of piperidine rings is 1. The van der Waals surface area contributed by atoms with Crippen molar-refractivity contribution in [3.05, 3.63) is 0 Å². The van der Waals surface area contributed by atoms with Gasteiger partial charge in [-0.3, -0.25) is 0 Å². The monoisotopic (exact) mass is 184 g/mol. The first kappa shape index (κ1) is 11.0. The summed E-state index contributed by atoms with van der Waals surface area (Å²) in [5, 5.41) is 3.30. The fourth-order valence-electron chi connectivity index (χ4n) is 2.14. The fourth-order valence-corrected chi connectivity index (χ4v) is 2.14. The van der Waals surface area contributed by atoms with E-state index in [2.05, 4.69) is 31.2 Å². The van der Waals surface area contributed by atoms with E-state index in [1.165, 1.54) is 38.8 Å². The number of hydrogen-bond donors (Lipinski definition) is 1. The number of rotatable bonds is 4. The molecule has 0 radical (unpaired) electrons. The number of nitrogens with zero attached hydrogens (tertiary/aromatic N) is 1. The van der Waals surface area contributed by atoms with E-state index in [1.807, 2.05) is 0 Å². The molecule has 0 aromatic carbocycles. The number of hydrogen-bond acceptors (Lipinski definition) is 2. The van der Waals surface area contributed by atoms with Crippen molar-refractivity contribution >= 4 is 0 Å². The third kappa shape index (κ3) is 4.10. The molecule has 2 unspecified atom stereocenters. The van der Waals surface area contributed by atoms with Gasteiger partial charge in [0.1, 0.15) is 0 Å². The topological polar surface area (TPSA) is 15.3 Å². The molecular formula is C11H24N2. The summed E-state index contributed by atoms with van der Waals surface area (Å²) in [7, 11) is 4.30. The van der Waals surface area contributed by atoms with Gasteiger partial charge in [0, 0.05) is 12.6 Å². The highest BCUT2D eigenvalue weighted by Crippen LogP contribution is 2.20. The molecule has 13 heavy (non-hydrogen) atoms. The van der Waals surface area contributed by atoms with Crippen molar-refractivity contribution in [1.82, 2.24) is 10.2 Å². The second-order valence-electron chi connectivity index (χ2n) is 4.54. The first-order chi connectivity index (χ1) is 6.22. The van der Waals surface area contributed by atoms with Crippen molar-refractivity contribution < 1.29 is 0 Å². The molecule has 0 aromatic rings. The minimum Gasteiger partial charge on any atom is -0.317 e. The summed E-state index contributed by atoms with van der Waals surface area (Å²) >= 11 is 0. The van der Waals surface area contributed by atoms with Crippen molar-refractivity contribution in [3.63, 3.8) is 0 Å². The molecule has 78 valence electrons. The molecule has 0 aliphatic carbocycles. The highest BCUT2D eigenvalue weighted by atomic mass is 15.1. The third-order valence-corrected chi connectivity index (χ3v) is 3.22. The highest BCUT2D eigenvalue weighted by Gasteiger charge is 2.17. The molecule has 0 aromatic heterocycles. The van der Waals surface area contributed by atoms with Crippen molar-refractivity contribution in [2.45, 2.75) is 38.6 Å². The van der Waals surface area contributed by atoms with E-state index in [0.717, 1.165) is 5.92 Å². The Kier molecular flexibility index (Phi) is 4.74. The largest absolute Gasteiger partial charge is 0.317 e. The van der Waals surface area contributed by atoms with Gasteiger partial charge in [-0.15, -0.1) is 0 Å². The molecule has 1 N–H and O–H groups in total. The van der Waals surface area contributed by atoms with Gasteiger partial charge in [0.2, 0.25) is 0 Å². The van der Waals surface area contributed by atoms with Gasteiger partial charge in [0.05, 0.1) is 0 Å². The van der Waals surface area contributed by atoms with Crippen LogP contribution in [0.1, 0.15) is 32.6 Å². The maximum atomic E-state index is 3.30. The summed E-state index contributed by atoms with van der Waals surface area (Å²) < 4.78 is 0. The Morgan fingerprint density at radius 2 is 2.31 bits per heavy atom. The maximum Gasteiger partial charge on any atom is 0.00358 e. The molecule has 0 amide bonds. The Morgan fingerprint density at radius 1 is 1.54 bits per heavy atom. The van der Waals surface area contributed by atoms with Crippen molar-refractivity contribution in [1.29, 1.82) is 0 Å². The molecule has 0 bridgehead atoms. The smallest absolute Gasteiger partial charge is 0.00358 e. The number of nitrogens with one attached hydrogen (secondary N) is 1. The van der Waals surface area contributed by atoms with E-state index in [1.54, 1.807) is 0 Å². The van der Waals surface area contributed by atoms with Gasteiger partial charge in [-0.1, -0.05) is 0 Å². The van der Waals surface area contributed by atoms with Crippen LogP contribution in [0, 0.1) is 5.92 Å². The zero-order chi connectivity index (χ0) is 9.68. The predicted molar refractivity (Wildman–Crippen MR) is 58.0 cm³/mol. The summed E-state index contributed by atoms with van der Waals surface area (Å²) in [6, 6.07) is 0.687. The highest BCUT2D eigenvalue weighted by molar-refractivity contribution is 4.72. The summed E-state index contributed by atoms with van der Waals surface area (Å²) in [5.74, 6) is 0.953. The van der Waals surface area contributed by atoms with Crippen LogP contribution < -0.4 is 5.32 Å². The molecule has 0 saturated carbocycles. The van der Waals surface area contributed by atoms with Gasteiger partial charge in [0.15, 0.2) is 0 Å². The SMILES string of the molecule is CNC(C)CCC1CCCN(C)C1. The standard InChI is InChI=1S/C11H24N2/c1-10(12-2)6-7-11-5-4-8-13(3)9-11/h10-12H,4-9H2,1-3H3. The van der Waals surface area contributed by atoms with Crippen LogP contribution >= 0.6 is 0 Å². The van der Waals surface area contributed by atoms with Crippen LogP contribution in [-0.2, 0) is 0 Å². The number of likely N-dealkylation sites (tertiary alicyclic amines) is 1. The van der Waals surface area contributed by atoms with Gasteiger partial charge in [-0.25, -0.2) is 0 Å². The van der Waals surface area contributed by atoms with Crippen molar-refractivity contribution in [2.75, 3.05) is 27.2 Å². The molecule has 1 aliphatic heterocycles. The maximum absolute atomic E-state index is 3.30. The lowest BCUT2D eigenvalue weighted by molar-refractivity contribution is 0.197. The first-order valence-corrected chi connectivity index (χ1v) is 5.58. The van der Waals surface area contributed by atoms with Crippen LogP contribution in [0.5, 0.6) is 0 Å². The van der Waals surface area contributed by atoms with Crippen molar-refractivity contribution in [2.24, 2.45) is 5.92 Å². The van der Waals surface area contributed by atoms with Crippen LogP contribution in [0.3, 0.4) is 0 Å². The van der Waals surface area contributed by atoms with E-state index >= 15 is 0 Å². The minimum absolute atomic E-state index is 0.687. The normalized spacial score (nSPS) is 27.5. The van der Waals surface area contributed by atoms with Gasteiger partial charge < -0.3 is 10.2 Å². The molecule has 1 aliphatic rings. The van der Waals surface area contributed by atoms with Gasteiger partial charge in [-0.2, -0.15) is 0 Å². The lowest BCUT2D eigenvalue weighted by Crippen LogP contribution is -2.33. The molecule has 0 spiro atoms. The first-order valence-electron chi connectivity index (χ1n) is 5.58. The quantitative estimate of drug-likeness (QED) is 0.715. The van der Waals surface area contributed by atoms with Crippen LogP contribution in [0.2, 0.25) is 0 Å². The Labute approximate surface area is 82.7 Å². The lowest BCUT2D eigenvalue weighted by Gasteiger charge is -2.30. The van der Waals surface area contributed by atoms with E-state index in [9.17, 15) is 0 Å². The van der Waals surface area contributed by atoms with Crippen LogP contribution in [0.4, 0.5) is 0 Å². The van der Waals surface area contributed by atoms with Crippen LogP contribution in [0.25, 0.3) is 0 Å². The Balaban J connectivity index is 2.13. The molecule has 2 nitrogen and oxygen atoms in total. The second kappa shape index (κ2) is 5.61. The Hall–Kier alpha value is -0.0800. The van der Waals surface area contributed by atoms with E-state index in [-0.39, 0.29) is 0 Å². The van der Waals surface area contributed by atoms with Crippen molar-refractivity contribution in [3.8, 4) is 0 Å². The molecular weight excluding hydrogens is 160 g/mol. The molecule has 1 rings (SSSR count). The predicted octanol–water partition coefficient (Wildman–Crippen LogP) is 1.72. The van der Waals surface area contributed by atoms with Gasteiger partial charge in [0.25, 0.3) is 0 Å². The van der Waals surface area contributed by atoms with E-state index in [4.69, 9.17) is 0 Å². The Morgan fingerprint density at radius 3 is 2.92 bits per heavy atom. The molecule has 1 saturated heterocycles. The summed E-state index contributed by atoms with van der Waals surface area (Å²) in [6.45, 7) is 4.89. The van der Waals surface area contributed by atoms with Gasteiger partial charge >= 0.3 is 0 Å². The van der Waals surface area contributed by atoms with E-state index < -0.39 is 0 Å². The lowest BCUT2D eigenvalue weighted by atomic mass is 9.92. The van der Waals surface area contributed by atoms with Crippen LogP contribution in [0.15, 0.2) is 0 Å².